The molecule has 1 N–H and O–H groups in total. The highest BCUT2D eigenvalue weighted by atomic mass is 16.5. The van der Waals surface area contributed by atoms with Crippen molar-refractivity contribution in [2.75, 3.05) is 11.4 Å². The quantitative estimate of drug-likeness (QED) is 0.469. The molecule has 0 radical (unpaired) electrons. The Morgan fingerprint density at radius 3 is 2.51 bits per heavy atom. The van der Waals surface area contributed by atoms with Gasteiger partial charge in [-0.15, -0.1) is 0 Å². The predicted molar refractivity (Wildman–Crippen MR) is 131 cm³/mol. The van der Waals surface area contributed by atoms with Crippen LogP contribution in [0.5, 0.6) is 0 Å². The number of rotatable bonds is 9. The molecule has 10 nitrogen and oxygen atoms in total. The lowest BCUT2D eigenvalue weighted by atomic mass is 10.1. The smallest absolute Gasteiger partial charge is 0.330 e. The zero-order valence-electron chi connectivity index (χ0n) is 20.4. The second-order valence-corrected chi connectivity index (χ2v) is 8.74. The van der Waals surface area contributed by atoms with Crippen molar-refractivity contribution in [1.29, 1.82) is 0 Å². The van der Waals surface area contributed by atoms with Crippen LogP contribution in [0.25, 0.3) is 11.2 Å². The number of unbranched alkanes of at least 4 members (excludes halogenated alkanes) is 1. The number of fused-ring (bicyclic) bond motifs is 1. The van der Waals surface area contributed by atoms with Gasteiger partial charge in [-0.3, -0.25) is 23.9 Å². The lowest BCUT2D eigenvalue weighted by molar-refractivity contribution is -0.150. The van der Waals surface area contributed by atoms with E-state index < -0.39 is 23.1 Å². The van der Waals surface area contributed by atoms with E-state index in [0.717, 1.165) is 24.9 Å². The van der Waals surface area contributed by atoms with E-state index in [0.29, 0.717) is 18.9 Å². The summed E-state index contributed by atoms with van der Waals surface area (Å²) in [5.41, 5.74) is 1.49. The van der Waals surface area contributed by atoms with Crippen molar-refractivity contribution >= 4 is 28.7 Å². The zero-order valence-corrected chi connectivity index (χ0v) is 20.4. The summed E-state index contributed by atoms with van der Waals surface area (Å²) in [5.74, 6) is -0.811. The maximum absolute atomic E-state index is 12.8. The molecule has 4 rings (SSSR count). The molecular formula is C25H31N5O5. The van der Waals surface area contributed by atoms with E-state index in [1.807, 2.05) is 38.1 Å². The van der Waals surface area contributed by atoms with Crippen molar-refractivity contribution < 1.29 is 14.3 Å². The van der Waals surface area contributed by atoms with Gasteiger partial charge in [0.15, 0.2) is 11.2 Å². The number of carbonyl (C=O) groups is 2. The minimum absolute atomic E-state index is 0.0782. The van der Waals surface area contributed by atoms with Crippen LogP contribution in [-0.4, -0.2) is 37.5 Å². The van der Waals surface area contributed by atoms with Crippen LogP contribution < -0.4 is 16.1 Å². The molecule has 1 saturated heterocycles. The number of hydrogen-bond acceptors (Lipinski definition) is 6. The topological polar surface area (TPSA) is 119 Å². The number of nitrogens with zero attached hydrogens (tertiary/aromatic N) is 4. The first-order valence-electron chi connectivity index (χ1n) is 12.2. The first-order valence-corrected chi connectivity index (χ1v) is 12.2. The standard InChI is InChI=1S/C25H31N5O5/c1-4-7-12-29-22-21(23(32)27-25(29)34)28(6-3)19(26-22)15-35-24(33)17-13-20(31)30(14-17)18-10-8-16(5-2)9-11-18/h8-11,17H,4-7,12-15H2,1-3H3,(H,27,32,34). The fourth-order valence-corrected chi connectivity index (χ4v) is 4.47. The second-order valence-electron chi connectivity index (χ2n) is 8.74. The maximum Gasteiger partial charge on any atom is 0.330 e. The summed E-state index contributed by atoms with van der Waals surface area (Å²) in [6, 6.07) is 7.74. The molecule has 0 spiro atoms. The number of carbonyl (C=O) groups excluding carboxylic acids is 2. The van der Waals surface area contributed by atoms with Gasteiger partial charge in [-0.25, -0.2) is 9.78 Å². The Kier molecular flexibility index (Phi) is 7.18. The van der Waals surface area contributed by atoms with Gasteiger partial charge in [0.2, 0.25) is 5.91 Å². The van der Waals surface area contributed by atoms with Crippen LogP contribution >= 0.6 is 0 Å². The summed E-state index contributed by atoms with van der Waals surface area (Å²) in [6.45, 7) is 6.88. The maximum atomic E-state index is 12.8. The molecule has 1 atom stereocenters. The molecular weight excluding hydrogens is 450 g/mol. The number of esters is 1. The van der Waals surface area contributed by atoms with Crippen LogP contribution in [0.3, 0.4) is 0 Å². The molecule has 186 valence electrons. The van der Waals surface area contributed by atoms with Crippen LogP contribution in [0.4, 0.5) is 5.69 Å². The Bertz CT molecular complexity index is 1350. The molecule has 0 aliphatic carbocycles. The molecule has 1 aliphatic rings. The Morgan fingerprint density at radius 1 is 1.11 bits per heavy atom. The summed E-state index contributed by atoms with van der Waals surface area (Å²) in [4.78, 5) is 58.7. The van der Waals surface area contributed by atoms with Crippen molar-refractivity contribution in [3.63, 3.8) is 0 Å². The third kappa shape index (κ3) is 4.78. The zero-order chi connectivity index (χ0) is 25.1. The molecule has 1 unspecified atom stereocenters. The van der Waals surface area contributed by atoms with Gasteiger partial charge in [0, 0.05) is 31.7 Å². The van der Waals surface area contributed by atoms with Gasteiger partial charge in [0.1, 0.15) is 12.4 Å². The molecule has 0 bridgehead atoms. The van der Waals surface area contributed by atoms with Gasteiger partial charge in [-0.05, 0) is 37.5 Å². The van der Waals surface area contributed by atoms with E-state index in [4.69, 9.17) is 4.74 Å². The number of benzene rings is 1. The molecule has 1 fully saturated rings. The van der Waals surface area contributed by atoms with Crippen molar-refractivity contribution in [2.24, 2.45) is 5.92 Å². The van der Waals surface area contributed by atoms with Crippen LogP contribution in [0.15, 0.2) is 33.9 Å². The number of ether oxygens (including phenoxy) is 1. The van der Waals surface area contributed by atoms with E-state index in [1.54, 1.807) is 9.47 Å². The summed E-state index contributed by atoms with van der Waals surface area (Å²) < 4.78 is 8.65. The molecule has 3 heterocycles. The van der Waals surface area contributed by atoms with Gasteiger partial charge >= 0.3 is 11.7 Å². The van der Waals surface area contributed by atoms with Crippen LogP contribution in [0.2, 0.25) is 0 Å². The SMILES string of the molecule is CCCCn1c(=O)[nH]c(=O)c2c1nc(COC(=O)C1CC(=O)N(c3ccc(CC)cc3)C1)n2CC. The molecule has 35 heavy (non-hydrogen) atoms. The minimum Gasteiger partial charge on any atom is -0.457 e. The first kappa shape index (κ1) is 24.4. The van der Waals surface area contributed by atoms with Gasteiger partial charge in [0.05, 0.1) is 5.92 Å². The highest BCUT2D eigenvalue weighted by Gasteiger charge is 2.36. The molecule has 0 saturated carbocycles. The molecule has 3 aromatic rings. The molecule has 1 aromatic carbocycles. The Hall–Kier alpha value is -3.69. The summed E-state index contributed by atoms with van der Waals surface area (Å²) >= 11 is 0. The van der Waals surface area contributed by atoms with E-state index in [2.05, 4.69) is 16.9 Å². The van der Waals surface area contributed by atoms with Crippen molar-refractivity contribution in [2.45, 2.75) is 66.2 Å². The summed E-state index contributed by atoms with van der Waals surface area (Å²) in [7, 11) is 0. The molecule has 1 amide bonds. The lowest BCUT2D eigenvalue weighted by Crippen LogP contribution is -2.31. The highest BCUT2D eigenvalue weighted by molar-refractivity contribution is 5.99. The molecule has 2 aromatic heterocycles. The third-order valence-corrected chi connectivity index (χ3v) is 6.47. The number of hydrogen-bond donors (Lipinski definition) is 1. The van der Waals surface area contributed by atoms with Crippen molar-refractivity contribution in [1.82, 2.24) is 19.1 Å². The van der Waals surface area contributed by atoms with Crippen LogP contribution in [-0.2, 0) is 40.4 Å². The van der Waals surface area contributed by atoms with Gasteiger partial charge in [-0.1, -0.05) is 32.4 Å². The average Bonchev–Trinajstić information content (AvgIpc) is 3.43. The fraction of sp³-hybridized carbons (Fsp3) is 0.480. The second kappa shape index (κ2) is 10.3. The number of aromatic nitrogens is 4. The van der Waals surface area contributed by atoms with Crippen molar-refractivity contribution in [3.8, 4) is 0 Å². The number of imidazole rings is 1. The number of nitrogens with one attached hydrogen (secondary N) is 1. The largest absolute Gasteiger partial charge is 0.457 e. The Labute approximate surface area is 202 Å². The number of aryl methyl sites for hydroxylation is 3. The van der Waals surface area contributed by atoms with Crippen LogP contribution in [0, 0.1) is 5.92 Å². The number of anilines is 1. The Balaban J connectivity index is 1.51. The molecule has 10 heteroatoms. The van der Waals surface area contributed by atoms with Gasteiger partial charge in [0.25, 0.3) is 5.56 Å². The summed E-state index contributed by atoms with van der Waals surface area (Å²) in [5, 5.41) is 0. The van der Waals surface area contributed by atoms with E-state index in [-0.39, 0.29) is 36.6 Å². The Morgan fingerprint density at radius 2 is 1.86 bits per heavy atom. The minimum atomic E-state index is -0.584. The third-order valence-electron chi connectivity index (χ3n) is 6.47. The number of amides is 1. The fourth-order valence-electron chi connectivity index (χ4n) is 4.47. The predicted octanol–water partition coefficient (Wildman–Crippen LogP) is 2.36. The average molecular weight is 482 g/mol. The van der Waals surface area contributed by atoms with E-state index in [9.17, 15) is 19.2 Å². The lowest BCUT2D eigenvalue weighted by Gasteiger charge is -2.17. The van der Waals surface area contributed by atoms with Crippen molar-refractivity contribution in [3.05, 3.63) is 56.5 Å². The van der Waals surface area contributed by atoms with Gasteiger partial charge < -0.3 is 14.2 Å². The summed E-state index contributed by atoms with van der Waals surface area (Å²) in [6.07, 6.45) is 2.63. The normalized spacial score (nSPS) is 15.8. The number of aromatic amines is 1. The van der Waals surface area contributed by atoms with E-state index in [1.165, 1.54) is 10.1 Å². The van der Waals surface area contributed by atoms with Crippen LogP contribution in [0.1, 0.15) is 51.4 Å². The van der Waals surface area contributed by atoms with E-state index >= 15 is 0 Å². The first-order chi connectivity index (χ1) is 16.9. The van der Waals surface area contributed by atoms with Gasteiger partial charge in [-0.2, -0.15) is 0 Å². The highest BCUT2D eigenvalue weighted by Crippen LogP contribution is 2.26. The molecule has 1 aliphatic heterocycles. The monoisotopic (exact) mass is 481 g/mol. The number of H-pyrrole nitrogens is 1.